The Morgan fingerprint density at radius 3 is 2.36 bits per heavy atom. The average Bonchev–Trinajstić information content (AvgIpc) is 3.27. The Morgan fingerprint density at radius 1 is 0.944 bits per heavy atom. The van der Waals surface area contributed by atoms with E-state index in [9.17, 15) is 9.59 Å². The summed E-state index contributed by atoms with van der Waals surface area (Å²) in [5.41, 5.74) is 4.51. The van der Waals surface area contributed by atoms with Crippen LogP contribution in [-0.4, -0.2) is 34.6 Å². The molecule has 1 amide bonds. The number of ether oxygens (including phenoxy) is 2. The van der Waals surface area contributed by atoms with Crippen LogP contribution in [0.25, 0.3) is 11.0 Å². The third-order valence-electron chi connectivity index (χ3n) is 6.48. The van der Waals surface area contributed by atoms with E-state index < -0.39 is 17.9 Å². The number of amides is 1. The number of para-hydroxylation sites is 2. The van der Waals surface area contributed by atoms with Gasteiger partial charge in [-0.15, -0.1) is 0 Å². The zero-order valence-electron chi connectivity index (χ0n) is 20.7. The lowest BCUT2D eigenvalue weighted by atomic mass is 9.89. The van der Waals surface area contributed by atoms with Crippen molar-refractivity contribution in [3.8, 4) is 5.75 Å². The molecule has 7 nitrogen and oxygen atoms in total. The third-order valence-corrected chi connectivity index (χ3v) is 6.48. The van der Waals surface area contributed by atoms with Crippen LogP contribution < -0.4 is 9.64 Å². The largest absolute Gasteiger partial charge is 0.494 e. The molecule has 0 fully saturated rings. The number of hydrogen-bond acceptors (Lipinski definition) is 5. The number of aryl methyl sites for hydroxylation is 1. The normalized spacial score (nSPS) is 17.2. The predicted octanol–water partition coefficient (Wildman–Crippen LogP) is 5.06. The number of benzene rings is 3. The molecule has 1 aliphatic heterocycles. The zero-order chi connectivity index (χ0) is 25.2. The summed E-state index contributed by atoms with van der Waals surface area (Å²) in [5, 5.41) is 0. The van der Waals surface area contributed by atoms with Gasteiger partial charge in [0.1, 0.15) is 5.75 Å². The number of imidazole rings is 1. The van der Waals surface area contributed by atoms with Gasteiger partial charge in [0, 0.05) is 0 Å². The van der Waals surface area contributed by atoms with E-state index in [0.717, 1.165) is 33.5 Å². The Bertz CT molecular complexity index is 1390. The summed E-state index contributed by atoms with van der Waals surface area (Å²) in [6.07, 6.45) is 0. The molecule has 0 saturated carbocycles. The summed E-state index contributed by atoms with van der Waals surface area (Å²) in [6, 6.07) is 22.7. The van der Waals surface area contributed by atoms with E-state index in [4.69, 9.17) is 14.5 Å². The fourth-order valence-electron chi connectivity index (χ4n) is 4.80. The van der Waals surface area contributed by atoms with Crippen LogP contribution in [0.15, 0.2) is 72.8 Å². The molecule has 4 aromatic rings. The average molecular weight is 484 g/mol. The number of carbonyl (C=O) groups excluding carboxylic acids is 2. The molecular weight excluding hydrogens is 454 g/mol. The molecule has 3 aromatic carbocycles. The first-order chi connectivity index (χ1) is 17.5. The molecule has 0 radical (unpaired) electrons. The van der Waals surface area contributed by atoms with Crippen molar-refractivity contribution in [3.05, 3.63) is 89.5 Å². The molecule has 7 heteroatoms. The highest BCUT2D eigenvalue weighted by atomic mass is 16.5. The van der Waals surface area contributed by atoms with Gasteiger partial charge < -0.3 is 14.0 Å². The minimum atomic E-state index is -1.06. The maximum absolute atomic E-state index is 14.1. The van der Waals surface area contributed by atoms with Crippen molar-refractivity contribution in [2.45, 2.75) is 33.4 Å². The molecule has 2 atom stereocenters. The molecule has 184 valence electrons. The maximum atomic E-state index is 14.1. The summed E-state index contributed by atoms with van der Waals surface area (Å²) in [5.74, 6) is -0.679. The van der Waals surface area contributed by atoms with Crippen molar-refractivity contribution < 1.29 is 19.1 Å². The van der Waals surface area contributed by atoms with Crippen molar-refractivity contribution in [3.63, 3.8) is 0 Å². The van der Waals surface area contributed by atoms with Gasteiger partial charge in [-0.25, -0.2) is 4.98 Å². The predicted molar refractivity (Wildman–Crippen MR) is 138 cm³/mol. The van der Waals surface area contributed by atoms with Gasteiger partial charge in [-0.05, 0) is 56.2 Å². The Morgan fingerprint density at radius 2 is 1.67 bits per heavy atom. The Hall–Kier alpha value is -4.13. The molecule has 0 spiro atoms. The first kappa shape index (κ1) is 23.6. The fourth-order valence-corrected chi connectivity index (χ4v) is 4.80. The van der Waals surface area contributed by atoms with Gasteiger partial charge >= 0.3 is 5.97 Å². The van der Waals surface area contributed by atoms with Crippen LogP contribution in [0.2, 0.25) is 0 Å². The summed E-state index contributed by atoms with van der Waals surface area (Å²) in [7, 11) is 0. The highest BCUT2D eigenvalue weighted by molar-refractivity contribution is 6.08. The minimum absolute atomic E-state index is 0.189. The minimum Gasteiger partial charge on any atom is -0.494 e. The lowest BCUT2D eigenvalue weighted by Gasteiger charge is -2.38. The number of carbonyl (C=O) groups is 2. The first-order valence-electron chi connectivity index (χ1n) is 12.2. The Labute approximate surface area is 210 Å². The maximum Gasteiger partial charge on any atom is 0.321 e. The topological polar surface area (TPSA) is 73.7 Å². The molecule has 2 heterocycles. The standard InChI is InChI=1S/C29H29N3O4/c1-4-35-22-16-14-21(15-17-22)26-25(28(34)36-5-2)27(33)31(18-20-12-10-19(3)11-13-20)29-30-23-8-6-7-9-24(23)32(26)29/h6-17,25-26H,4-5,18H2,1-3H3/t25-,26+/m0/s1. The molecule has 0 bridgehead atoms. The molecular formula is C29H29N3O4. The third kappa shape index (κ3) is 4.21. The van der Waals surface area contributed by atoms with Gasteiger partial charge in [0.15, 0.2) is 5.92 Å². The summed E-state index contributed by atoms with van der Waals surface area (Å²) in [6.45, 7) is 6.74. The SMILES string of the molecule is CCOC(=O)[C@@H]1C(=O)N(Cc2ccc(C)cc2)c2nc3ccccc3n2[C@@H]1c1ccc(OCC)cc1. The van der Waals surface area contributed by atoms with E-state index in [1.54, 1.807) is 11.8 Å². The van der Waals surface area contributed by atoms with Gasteiger partial charge in [0.05, 0.1) is 36.8 Å². The van der Waals surface area contributed by atoms with Crippen molar-refractivity contribution in [1.82, 2.24) is 9.55 Å². The van der Waals surface area contributed by atoms with Gasteiger partial charge in [-0.2, -0.15) is 0 Å². The van der Waals surface area contributed by atoms with E-state index >= 15 is 0 Å². The van der Waals surface area contributed by atoms with Crippen LogP contribution in [-0.2, 0) is 20.9 Å². The van der Waals surface area contributed by atoms with E-state index in [-0.39, 0.29) is 12.5 Å². The summed E-state index contributed by atoms with van der Waals surface area (Å²) < 4.78 is 13.1. The van der Waals surface area contributed by atoms with E-state index in [0.29, 0.717) is 19.1 Å². The molecule has 0 N–H and O–H groups in total. The van der Waals surface area contributed by atoms with Crippen molar-refractivity contribution >= 4 is 28.9 Å². The lowest BCUT2D eigenvalue weighted by molar-refractivity contribution is -0.153. The molecule has 5 rings (SSSR count). The van der Waals surface area contributed by atoms with Crippen LogP contribution >= 0.6 is 0 Å². The number of fused-ring (bicyclic) bond motifs is 3. The number of nitrogens with zero attached hydrogens (tertiary/aromatic N) is 3. The number of hydrogen-bond donors (Lipinski definition) is 0. The van der Waals surface area contributed by atoms with Crippen LogP contribution in [0.4, 0.5) is 5.95 Å². The lowest BCUT2D eigenvalue weighted by Crippen LogP contribution is -2.49. The number of rotatable bonds is 7. The molecule has 0 aliphatic carbocycles. The van der Waals surface area contributed by atoms with Gasteiger partial charge in [0.25, 0.3) is 0 Å². The van der Waals surface area contributed by atoms with E-state index in [2.05, 4.69) is 0 Å². The van der Waals surface area contributed by atoms with Gasteiger partial charge in [-0.1, -0.05) is 54.1 Å². The fraction of sp³-hybridized carbons (Fsp3) is 0.276. The highest BCUT2D eigenvalue weighted by Crippen LogP contribution is 2.42. The van der Waals surface area contributed by atoms with Gasteiger partial charge in [0.2, 0.25) is 11.9 Å². The number of esters is 1. The zero-order valence-corrected chi connectivity index (χ0v) is 20.7. The summed E-state index contributed by atoms with van der Waals surface area (Å²) >= 11 is 0. The first-order valence-corrected chi connectivity index (χ1v) is 12.2. The number of anilines is 1. The van der Waals surface area contributed by atoms with E-state index in [1.807, 2.05) is 91.2 Å². The second-order valence-electron chi connectivity index (χ2n) is 8.86. The number of aromatic nitrogens is 2. The van der Waals surface area contributed by atoms with Crippen molar-refractivity contribution in [1.29, 1.82) is 0 Å². The van der Waals surface area contributed by atoms with Crippen LogP contribution in [0, 0.1) is 12.8 Å². The Balaban J connectivity index is 1.70. The highest BCUT2D eigenvalue weighted by Gasteiger charge is 2.47. The second kappa shape index (κ2) is 9.85. The molecule has 0 saturated heterocycles. The quantitative estimate of drug-likeness (QED) is 0.271. The molecule has 1 aromatic heterocycles. The Kier molecular flexibility index (Phi) is 6.46. The van der Waals surface area contributed by atoms with E-state index in [1.165, 1.54) is 0 Å². The molecule has 1 aliphatic rings. The summed E-state index contributed by atoms with van der Waals surface area (Å²) in [4.78, 5) is 33.9. The van der Waals surface area contributed by atoms with Crippen LogP contribution in [0.5, 0.6) is 5.75 Å². The molecule has 0 unspecified atom stereocenters. The van der Waals surface area contributed by atoms with Crippen LogP contribution in [0.1, 0.15) is 36.6 Å². The second-order valence-corrected chi connectivity index (χ2v) is 8.86. The van der Waals surface area contributed by atoms with Gasteiger partial charge in [-0.3, -0.25) is 14.5 Å². The monoisotopic (exact) mass is 483 g/mol. The van der Waals surface area contributed by atoms with Crippen LogP contribution in [0.3, 0.4) is 0 Å². The molecule has 36 heavy (non-hydrogen) atoms. The van der Waals surface area contributed by atoms with Crippen molar-refractivity contribution in [2.24, 2.45) is 5.92 Å². The smallest absolute Gasteiger partial charge is 0.321 e. The van der Waals surface area contributed by atoms with Crippen molar-refractivity contribution in [2.75, 3.05) is 18.1 Å².